The highest BCUT2D eigenvalue weighted by atomic mass is 19.1. The summed E-state index contributed by atoms with van der Waals surface area (Å²) in [5, 5.41) is 4.46. The average Bonchev–Trinajstić information content (AvgIpc) is 3.71. The first-order chi connectivity index (χ1) is 17.5. The summed E-state index contributed by atoms with van der Waals surface area (Å²) in [5.41, 5.74) is 7.71. The van der Waals surface area contributed by atoms with E-state index in [0.29, 0.717) is 49.2 Å². The molecular formula is C27H36FN5O3. The second-order valence-corrected chi connectivity index (χ2v) is 9.55. The standard InChI is InChI=1S/C27H36FN5O3/c1-2-19(20-11-12-22(28)25(14-20)35-17-18-9-10-18)16-33(30)21(15-29)6-3-4-7-24-27(34)32-26-23(36-24)8-5-13-31-26/h5,8,11-15,18-19,24H,2-4,6-7,9-10,16-17,29-30H2,1H3,(H,31,32,34)/b21-15-. The zero-order valence-corrected chi connectivity index (χ0v) is 20.8. The van der Waals surface area contributed by atoms with Gasteiger partial charge in [-0.3, -0.25) is 4.79 Å². The van der Waals surface area contributed by atoms with E-state index in [1.807, 2.05) is 0 Å². The number of nitrogens with two attached hydrogens (primary N) is 2. The number of hydrogen-bond donors (Lipinski definition) is 3. The van der Waals surface area contributed by atoms with Gasteiger partial charge in [-0.25, -0.2) is 15.2 Å². The van der Waals surface area contributed by atoms with Gasteiger partial charge in [-0.15, -0.1) is 0 Å². The van der Waals surface area contributed by atoms with Crippen molar-refractivity contribution in [2.45, 2.75) is 63.9 Å². The van der Waals surface area contributed by atoms with Crippen LogP contribution in [0.25, 0.3) is 0 Å². The fourth-order valence-electron chi connectivity index (χ4n) is 4.33. The highest BCUT2D eigenvalue weighted by molar-refractivity contribution is 5.96. The average molecular weight is 498 g/mol. The Balaban J connectivity index is 1.26. The van der Waals surface area contributed by atoms with Crippen LogP contribution in [0.5, 0.6) is 11.5 Å². The number of pyridine rings is 1. The van der Waals surface area contributed by atoms with Crippen molar-refractivity contribution in [3.8, 4) is 11.5 Å². The van der Waals surface area contributed by atoms with Crippen LogP contribution in [0.3, 0.4) is 0 Å². The number of aromatic nitrogens is 1. The van der Waals surface area contributed by atoms with Crippen LogP contribution < -0.4 is 26.4 Å². The number of nitrogens with one attached hydrogen (secondary N) is 1. The third-order valence-electron chi connectivity index (χ3n) is 6.79. The minimum atomic E-state index is -0.541. The lowest BCUT2D eigenvalue weighted by molar-refractivity contribution is -0.123. The number of unbranched alkanes of at least 4 members (excludes halogenated alkanes) is 1. The van der Waals surface area contributed by atoms with E-state index >= 15 is 0 Å². The maximum absolute atomic E-state index is 14.2. The molecule has 2 unspecified atom stereocenters. The smallest absolute Gasteiger partial charge is 0.266 e. The number of benzene rings is 1. The first-order valence-electron chi connectivity index (χ1n) is 12.8. The van der Waals surface area contributed by atoms with Crippen LogP contribution >= 0.6 is 0 Å². The van der Waals surface area contributed by atoms with Crippen molar-refractivity contribution in [1.29, 1.82) is 0 Å². The second kappa shape index (κ2) is 12.1. The summed E-state index contributed by atoms with van der Waals surface area (Å²) in [6, 6.07) is 8.64. The number of anilines is 1. The second-order valence-electron chi connectivity index (χ2n) is 9.55. The van der Waals surface area contributed by atoms with Crippen LogP contribution in [-0.2, 0) is 4.79 Å². The van der Waals surface area contributed by atoms with E-state index in [-0.39, 0.29) is 17.6 Å². The van der Waals surface area contributed by atoms with Crippen molar-refractivity contribution >= 4 is 11.7 Å². The molecule has 0 saturated heterocycles. The SMILES string of the molecule is CCC(CN(N)/C(=C\N)CCCCC1Oc2cccnc2NC1=O)c1ccc(F)c(OCC2CC2)c1. The number of ether oxygens (including phenoxy) is 2. The van der Waals surface area contributed by atoms with Crippen molar-refractivity contribution in [2.24, 2.45) is 17.5 Å². The van der Waals surface area contributed by atoms with E-state index in [1.165, 1.54) is 12.3 Å². The molecule has 1 aromatic heterocycles. The molecular weight excluding hydrogens is 461 g/mol. The first-order valence-corrected chi connectivity index (χ1v) is 12.8. The molecule has 0 spiro atoms. The number of amides is 1. The molecule has 0 radical (unpaired) electrons. The number of hydrogen-bond acceptors (Lipinski definition) is 7. The molecule has 4 rings (SSSR count). The number of nitrogens with zero attached hydrogens (tertiary/aromatic N) is 2. The molecule has 2 aliphatic rings. The van der Waals surface area contributed by atoms with Crippen molar-refractivity contribution in [2.75, 3.05) is 18.5 Å². The molecule has 9 heteroatoms. The molecule has 1 amide bonds. The molecule has 1 fully saturated rings. The van der Waals surface area contributed by atoms with Gasteiger partial charge in [-0.2, -0.15) is 0 Å². The molecule has 1 saturated carbocycles. The van der Waals surface area contributed by atoms with Crippen LogP contribution in [-0.4, -0.2) is 35.2 Å². The first kappa shape index (κ1) is 25.8. The van der Waals surface area contributed by atoms with E-state index in [2.05, 4.69) is 17.2 Å². The predicted molar refractivity (Wildman–Crippen MR) is 137 cm³/mol. The highest BCUT2D eigenvalue weighted by Gasteiger charge is 2.28. The number of carbonyl (C=O) groups excluding carboxylic acids is 1. The molecule has 2 atom stereocenters. The minimum Gasteiger partial charge on any atom is -0.490 e. The minimum absolute atomic E-state index is 0.0989. The number of fused-ring (bicyclic) bond motifs is 1. The van der Waals surface area contributed by atoms with E-state index < -0.39 is 6.10 Å². The molecule has 2 heterocycles. The molecule has 5 N–H and O–H groups in total. The fraction of sp³-hybridized carbons (Fsp3) is 0.481. The quantitative estimate of drug-likeness (QED) is 0.213. The van der Waals surface area contributed by atoms with Crippen molar-refractivity contribution < 1.29 is 18.7 Å². The van der Waals surface area contributed by atoms with Gasteiger partial charge in [0, 0.05) is 30.6 Å². The van der Waals surface area contributed by atoms with Gasteiger partial charge in [0.05, 0.1) is 6.61 Å². The van der Waals surface area contributed by atoms with Crippen LogP contribution in [0.2, 0.25) is 0 Å². The number of halogens is 1. The van der Waals surface area contributed by atoms with Crippen LogP contribution in [0.1, 0.15) is 63.4 Å². The fourth-order valence-corrected chi connectivity index (χ4v) is 4.33. The number of rotatable bonds is 13. The van der Waals surface area contributed by atoms with E-state index in [9.17, 15) is 9.18 Å². The van der Waals surface area contributed by atoms with Gasteiger partial charge in [0.25, 0.3) is 5.91 Å². The van der Waals surface area contributed by atoms with Gasteiger partial charge in [-0.05, 0) is 80.7 Å². The van der Waals surface area contributed by atoms with E-state index in [0.717, 1.165) is 43.4 Å². The monoisotopic (exact) mass is 497 g/mol. The lowest BCUT2D eigenvalue weighted by Gasteiger charge is -2.27. The summed E-state index contributed by atoms with van der Waals surface area (Å²) >= 11 is 0. The molecule has 1 aliphatic carbocycles. The van der Waals surface area contributed by atoms with Gasteiger partial charge in [-0.1, -0.05) is 13.0 Å². The Morgan fingerprint density at radius 3 is 2.94 bits per heavy atom. The van der Waals surface area contributed by atoms with Crippen LogP contribution in [0, 0.1) is 11.7 Å². The number of hydrazine groups is 1. The third-order valence-corrected chi connectivity index (χ3v) is 6.79. The summed E-state index contributed by atoms with van der Waals surface area (Å²) in [4.78, 5) is 16.4. The summed E-state index contributed by atoms with van der Waals surface area (Å²) in [6.07, 6.45) is 8.59. The zero-order valence-electron chi connectivity index (χ0n) is 20.8. The lowest BCUT2D eigenvalue weighted by atomic mass is 9.95. The molecule has 1 aliphatic heterocycles. The Labute approximate surface area is 211 Å². The Hall–Kier alpha value is -3.33. The van der Waals surface area contributed by atoms with Gasteiger partial charge < -0.3 is 25.5 Å². The summed E-state index contributed by atoms with van der Waals surface area (Å²) < 4.78 is 25.8. The Morgan fingerprint density at radius 1 is 1.36 bits per heavy atom. The van der Waals surface area contributed by atoms with E-state index in [4.69, 9.17) is 21.1 Å². The highest BCUT2D eigenvalue weighted by Crippen LogP contribution is 2.32. The molecule has 1 aromatic carbocycles. The third kappa shape index (κ3) is 6.66. The predicted octanol–water partition coefficient (Wildman–Crippen LogP) is 4.44. The molecule has 0 bridgehead atoms. The molecule has 194 valence electrons. The van der Waals surface area contributed by atoms with Crippen molar-refractivity contribution in [1.82, 2.24) is 9.99 Å². The number of allylic oxidation sites excluding steroid dienone is 1. The van der Waals surface area contributed by atoms with Gasteiger partial charge >= 0.3 is 0 Å². The number of carbonyl (C=O) groups is 1. The Morgan fingerprint density at radius 2 is 2.19 bits per heavy atom. The van der Waals surface area contributed by atoms with Crippen LogP contribution in [0.15, 0.2) is 48.4 Å². The summed E-state index contributed by atoms with van der Waals surface area (Å²) in [6.45, 7) is 3.20. The van der Waals surface area contributed by atoms with Crippen molar-refractivity contribution in [3.05, 3.63) is 59.8 Å². The summed E-state index contributed by atoms with van der Waals surface area (Å²) in [5.74, 6) is 7.89. The van der Waals surface area contributed by atoms with E-state index in [1.54, 1.807) is 35.5 Å². The topological polar surface area (TPSA) is 116 Å². The van der Waals surface area contributed by atoms with Crippen molar-refractivity contribution in [3.63, 3.8) is 0 Å². The summed E-state index contributed by atoms with van der Waals surface area (Å²) in [7, 11) is 0. The Kier molecular flexibility index (Phi) is 8.64. The molecule has 36 heavy (non-hydrogen) atoms. The molecule has 8 nitrogen and oxygen atoms in total. The Bertz CT molecular complexity index is 1080. The largest absolute Gasteiger partial charge is 0.490 e. The lowest BCUT2D eigenvalue weighted by Crippen LogP contribution is -2.37. The maximum atomic E-state index is 14.2. The zero-order chi connectivity index (χ0) is 25.5. The van der Waals surface area contributed by atoms with Crippen LogP contribution in [0.4, 0.5) is 10.2 Å². The van der Waals surface area contributed by atoms with Gasteiger partial charge in [0.1, 0.15) is 0 Å². The maximum Gasteiger partial charge on any atom is 0.266 e. The van der Waals surface area contributed by atoms with Gasteiger partial charge in [0.2, 0.25) is 0 Å². The molecule has 2 aromatic rings. The van der Waals surface area contributed by atoms with Gasteiger partial charge in [0.15, 0.2) is 29.2 Å². The normalized spacial score (nSPS) is 18.1.